The van der Waals surface area contributed by atoms with Gasteiger partial charge in [0.05, 0.1) is 12.7 Å². The summed E-state index contributed by atoms with van der Waals surface area (Å²) in [5, 5.41) is 6.58. The summed E-state index contributed by atoms with van der Waals surface area (Å²) in [5.41, 5.74) is 2.60. The van der Waals surface area contributed by atoms with Gasteiger partial charge in [0.15, 0.2) is 5.96 Å². The summed E-state index contributed by atoms with van der Waals surface area (Å²) in [6.07, 6.45) is 2.82. The van der Waals surface area contributed by atoms with Crippen LogP contribution in [0.2, 0.25) is 0 Å². The minimum atomic E-state index is -0.0327. The van der Waals surface area contributed by atoms with Crippen LogP contribution in [0.25, 0.3) is 0 Å². The zero-order valence-electron chi connectivity index (χ0n) is 15.7. The maximum absolute atomic E-state index is 5.79. The fraction of sp³-hybridized carbons (Fsp3) is 0.474. The van der Waals surface area contributed by atoms with Gasteiger partial charge >= 0.3 is 0 Å². The zero-order chi connectivity index (χ0) is 17.6. The molecule has 0 fully saturated rings. The molecule has 0 aliphatic rings. The summed E-state index contributed by atoms with van der Waals surface area (Å²) >= 11 is 0. The third-order valence-corrected chi connectivity index (χ3v) is 3.87. The average Bonchev–Trinajstić information content (AvgIpc) is 3.04. The molecule has 0 saturated heterocycles. The van der Waals surface area contributed by atoms with Crippen LogP contribution in [0.15, 0.2) is 39.9 Å². The lowest BCUT2D eigenvalue weighted by atomic mass is 9.94. The molecule has 0 aliphatic carbocycles. The molecule has 1 heterocycles. The maximum atomic E-state index is 5.79. The van der Waals surface area contributed by atoms with Crippen molar-refractivity contribution in [3.8, 4) is 0 Å². The summed E-state index contributed by atoms with van der Waals surface area (Å²) in [4.78, 5) is 8.58. The van der Waals surface area contributed by atoms with Crippen LogP contribution in [0.3, 0.4) is 0 Å². The molecule has 0 saturated carbocycles. The van der Waals surface area contributed by atoms with Gasteiger partial charge in [-0.25, -0.2) is 4.98 Å². The summed E-state index contributed by atoms with van der Waals surface area (Å²) in [7, 11) is 1.76. The van der Waals surface area contributed by atoms with Gasteiger partial charge in [-0.15, -0.1) is 24.0 Å². The molecule has 2 rings (SSSR count). The van der Waals surface area contributed by atoms with E-state index in [1.165, 1.54) is 11.1 Å². The van der Waals surface area contributed by atoms with E-state index in [9.17, 15) is 0 Å². The molecular weight excluding hydrogens is 427 g/mol. The highest BCUT2D eigenvalue weighted by molar-refractivity contribution is 14.0. The average molecular weight is 456 g/mol. The molecule has 6 heteroatoms. The molecule has 0 spiro atoms. The summed E-state index contributed by atoms with van der Waals surface area (Å²) in [6.45, 7) is 9.73. The number of oxazole rings is 1. The Morgan fingerprint density at radius 3 is 2.32 bits per heavy atom. The number of aromatic nitrogens is 1. The molecule has 2 aromatic rings. The Labute approximate surface area is 167 Å². The van der Waals surface area contributed by atoms with Crippen LogP contribution >= 0.6 is 24.0 Å². The van der Waals surface area contributed by atoms with Crippen molar-refractivity contribution < 1.29 is 4.42 Å². The molecule has 2 N–H and O–H groups in total. The first-order chi connectivity index (χ1) is 11.4. The molecule has 5 nitrogen and oxygen atoms in total. The number of hydrogen-bond acceptors (Lipinski definition) is 3. The van der Waals surface area contributed by atoms with Crippen LogP contribution in [-0.2, 0) is 24.9 Å². The van der Waals surface area contributed by atoms with Crippen LogP contribution < -0.4 is 10.6 Å². The number of aryl methyl sites for hydroxylation is 1. The Balaban J connectivity index is 0.00000312. The molecule has 0 radical (unpaired) electrons. The summed E-state index contributed by atoms with van der Waals surface area (Å²) in [5.74, 6) is 2.28. The smallest absolute Gasteiger partial charge is 0.213 e. The van der Waals surface area contributed by atoms with Gasteiger partial charge in [0.1, 0.15) is 5.76 Å². The lowest BCUT2D eigenvalue weighted by Crippen LogP contribution is -2.36. The summed E-state index contributed by atoms with van der Waals surface area (Å²) in [6, 6.07) is 8.44. The van der Waals surface area contributed by atoms with Crippen LogP contribution in [0.5, 0.6) is 0 Å². The third-order valence-electron chi connectivity index (χ3n) is 3.87. The van der Waals surface area contributed by atoms with Crippen molar-refractivity contribution in [3.05, 3.63) is 53.2 Å². The largest absolute Gasteiger partial charge is 0.443 e. The molecule has 0 amide bonds. The zero-order valence-corrected chi connectivity index (χ0v) is 18.0. The Hall–Kier alpha value is -1.57. The first kappa shape index (κ1) is 21.5. The van der Waals surface area contributed by atoms with Crippen molar-refractivity contribution >= 4 is 29.9 Å². The third kappa shape index (κ3) is 6.34. The van der Waals surface area contributed by atoms with Crippen molar-refractivity contribution in [2.45, 2.75) is 52.6 Å². The molecule has 0 unspecified atom stereocenters. The van der Waals surface area contributed by atoms with Crippen LogP contribution in [0, 0.1) is 0 Å². The van der Waals surface area contributed by atoms with Gasteiger partial charge in [-0.1, -0.05) is 52.0 Å². The van der Waals surface area contributed by atoms with Crippen LogP contribution in [-0.4, -0.2) is 18.0 Å². The molecule has 1 aromatic carbocycles. The van der Waals surface area contributed by atoms with E-state index in [4.69, 9.17) is 4.42 Å². The molecule has 25 heavy (non-hydrogen) atoms. The van der Waals surface area contributed by atoms with Crippen molar-refractivity contribution in [3.63, 3.8) is 0 Å². The van der Waals surface area contributed by atoms with Crippen molar-refractivity contribution in [1.82, 2.24) is 15.6 Å². The fourth-order valence-electron chi connectivity index (χ4n) is 2.37. The number of benzene rings is 1. The topological polar surface area (TPSA) is 62.5 Å². The minimum Gasteiger partial charge on any atom is -0.443 e. The van der Waals surface area contributed by atoms with Gasteiger partial charge < -0.3 is 15.1 Å². The number of nitrogens with one attached hydrogen (secondary N) is 2. The van der Waals surface area contributed by atoms with E-state index in [0.29, 0.717) is 12.4 Å². The second-order valence-electron chi connectivity index (χ2n) is 6.77. The van der Waals surface area contributed by atoms with Gasteiger partial charge in [0.2, 0.25) is 5.89 Å². The Morgan fingerprint density at radius 1 is 1.12 bits per heavy atom. The molecule has 0 aliphatic heterocycles. The highest BCUT2D eigenvalue weighted by Crippen LogP contribution is 2.22. The van der Waals surface area contributed by atoms with E-state index in [0.717, 1.165) is 24.7 Å². The van der Waals surface area contributed by atoms with Gasteiger partial charge in [-0.05, 0) is 17.5 Å². The van der Waals surface area contributed by atoms with Crippen LogP contribution in [0.1, 0.15) is 50.5 Å². The molecule has 0 bridgehead atoms. The second-order valence-corrected chi connectivity index (χ2v) is 6.77. The SMILES string of the molecule is CCc1ccccc1CNC(=NC)NCc1ncc(C(C)(C)C)o1.I. The first-order valence-electron chi connectivity index (χ1n) is 8.40. The standard InChI is InChI=1S/C19H28N4O.HI/c1-6-14-9-7-8-10-15(14)11-22-18(20-5)23-13-17-21-12-16(24-17)19(2,3)4;/h7-10,12H,6,11,13H2,1-5H3,(H2,20,22,23);1H. The molecule has 1 aromatic heterocycles. The van der Waals surface area contributed by atoms with E-state index in [-0.39, 0.29) is 29.4 Å². The van der Waals surface area contributed by atoms with Crippen molar-refractivity contribution in [1.29, 1.82) is 0 Å². The van der Waals surface area contributed by atoms with E-state index in [1.54, 1.807) is 13.2 Å². The Kier molecular flexibility index (Phi) is 8.41. The number of halogens is 1. The predicted molar refractivity (Wildman–Crippen MR) is 113 cm³/mol. The fourth-order valence-corrected chi connectivity index (χ4v) is 2.37. The van der Waals surface area contributed by atoms with E-state index >= 15 is 0 Å². The van der Waals surface area contributed by atoms with E-state index in [1.807, 2.05) is 0 Å². The lowest BCUT2D eigenvalue weighted by Gasteiger charge is -2.14. The number of rotatable bonds is 5. The van der Waals surface area contributed by atoms with Gasteiger partial charge in [0.25, 0.3) is 0 Å². The highest BCUT2D eigenvalue weighted by atomic mass is 127. The first-order valence-corrected chi connectivity index (χ1v) is 8.40. The summed E-state index contributed by atoms with van der Waals surface area (Å²) < 4.78 is 5.79. The number of guanidine groups is 1. The normalized spacial score (nSPS) is 11.8. The number of nitrogens with zero attached hydrogens (tertiary/aromatic N) is 2. The maximum Gasteiger partial charge on any atom is 0.213 e. The molecular formula is C19H29IN4O. The Bertz CT molecular complexity index is 689. The predicted octanol–water partition coefficient (Wildman–Crippen LogP) is 4.02. The number of hydrogen-bond donors (Lipinski definition) is 2. The lowest BCUT2D eigenvalue weighted by molar-refractivity contribution is 0.379. The minimum absolute atomic E-state index is 0. The van der Waals surface area contributed by atoms with Crippen molar-refractivity contribution in [2.75, 3.05) is 7.05 Å². The Morgan fingerprint density at radius 2 is 1.76 bits per heavy atom. The van der Waals surface area contributed by atoms with Gasteiger partial charge in [-0.3, -0.25) is 4.99 Å². The quantitative estimate of drug-likeness (QED) is 0.406. The van der Waals surface area contributed by atoms with Crippen molar-refractivity contribution in [2.24, 2.45) is 4.99 Å². The molecule has 138 valence electrons. The highest BCUT2D eigenvalue weighted by Gasteiger charge is 2.19. The monoisotopic (exact) mass is 456 g/mol. The number of aliphatic imine (C=N–C) groups is 1. The van der Waals surface area contributed by atoms with Gasteiger partial charge in [-0.2, -0.15) is 0 Å². The van der Waals surface area contributed by atoms with Gasteiger partial charge in [0, 0.05) is 19.0 Å². The van der Waals surface area contributed by atoms with Crippen LogP contribution in [0.4, 0.5) is 0 Å². The van der Waals surface area contributed by atoms with E-state index < -0.39 is 0 Å². The molecule has 0 atom stereocenters. The second kappa shape index (κ2) is 9.79. The van der Waals surface area contributed by atoms with E-state index in [2.05, 4.69) is 72.6 Å².